The molecule has 3 heterocycles. The van der Waals surface area contributed by atoms with E-state index < -0.39 is 23.1 Å². The van der Waals surface area contributed by atoms with Gasteiger partial charge in [0.15, 0.2) is 5.65 Å². The monoisotopic (exact) mass is 441 g/mol. The number of halogens is 4. The Morgan fingerprint density at radius 1 is 1.09 bits per heavy atom. The average molecular weight is 441 g/mol. The number of pyridine rings is 1. The Kier molecular flexibility index (Phi) is 4.40. The largest absolute Gasteiger partial charge is 0.416 e. The highest BCUT2D eigenvalue weighted by Crippen LogP contribution is 2.34. The number of aryl methyl sites for hydroxylation is 1. The first-order chi connectivity index (χ1) is 15.3. The van der Waals surface area contributed by atoms with Gasteiger partial charge in [-0.2, -0.15) is 18.3 Å². The molecule has 5 aromatic rings. The number of benzene rings is 2. The van der Waals surface area contributed by atoms with Crippen LogP contribution in [0.15, 0.2) is 59.5 Å². The molecule has 162 valence electrons. The first kappa shape index (κ1) is 20.0. The standard InChI is InChI=1S/C22H15F4N5O/c1-2-30-20-16(11-27-30)19-17(21(32)31(29-19)15-8-6-14(23)7-9-15)18(28-20)12-4-3-5-13(10-12)22(24,25)26/h3-11,29H,2H2,1H3. The van der Waals surface area contributed by atoms with E-state index in [9.17, 15) is 22.4 Å². The third-order valence-electron chi connectivity index (χ3n) is 5.27. The molecule has 32 heavy (non-hydrogen) atoms. The molecule has 6 nitrogen and oxygen atoms in total. The summed E-state index contributed by atoms with van der Waals surface area (Å²) in [5.74, 6) is -0.462. The van der Waals surface area contributed by atoms with Gasteiger partial charge in [-0.3, -0.25) is 9.89 Å². The summed E-state index contributed by atoms with van der Waals surface area (Å²) in [6, 6.07) is 9.96. The van der Waals surface area contributed by atoms with Gasteiger partial charge in [0.05, 0.1) is 39.4 Å². The van der Waals surface area contributed by atoms with Gasteiger partial charge in [0, 0.05) is 12.1 Å². The van der Waals surface area contributed by atoms with Crippen LogP contribution in [-0.2, 0) is 12.7 Å². The molecule has 0 aliphatic carbocycles. The zero-order chi connectivity index (χ0) is 22.6. The van der Waals surface area contributed by atoms with Crippen LogP contribution in [0.25, 0.3) is 38.9 Å². The van der Waals surface area contributed by atoms with Crippen LogP contribution in [0, 0.1) is 5.82 Å². The van der Waals surface area contributed by atoms with Gasteiger partial charge in [-0.1, -0.05) is 12.1 Å². The van der Waals surface area contributed by atoms with Crippen molar-refractivity contribution < 1.29 is 17.6 Å². The number of hydrogen-bond acceptors (Lipinski definition) is 3. The molecule has 0 amide bonds. The molecule has 0 saturated heterocycles. The van der Waals surface area contributed by atoms with E-state index in [0.29, 0.717) is 28.8 Å². The maximum atomic E-state index is 13.4. The van der Waals surface area contributed by atoms with Gasteiger partial charge in [0.1, 0.15) is 5.82 Å². The second kappa shape index (κ2) is 7.04. The number of nitrogens with zero attached hydrogens (tertiary/aromatic N) is 4. The van der Waals surface area contributed by atoms with Crippen molar-refractivity contribution in [2.24, 2.45) is 0 Å². The maximum absolute atomic E-state index is 13.4. The average Bonchev–Trinajstić information content (AvgIpc) is 3.34. The smallest absolute Gasteiger partial charge is 0.289 e. The molecule has 0 radical (unpaired) electrons. The Morgan fingerprint density at radius 2 is 1.84 bits per heavy atom. The van der Waals surface area contributed by atoms with Gasteiger partial charge in [0.2, 0.25) is 0 Å². The van der Waals surface area contributed by atoms with Crippen LogP contribution >= 0.6 is 0 Å². The van der Waals surface area contributed by atoms with Gasteiger partial charge in [-0.15, -0.1) is 0 Å². The molecular weight excluding hydrogens is 426 g/mol. The van der Waals surface area contributed by atoms with Crippen LogP contribution in [0.3, 0.4) is 0 Å². The summed E-state index contributed by atoms with van der Waals surface area (Å²) >= 11 is 0. The van der Waals surface area contributed by atoms with Crippen molar-refractivity contribution >= 4 is 21.9 Å². The van der Waals surface area contributed by atoms with Crippen LogP contribution in [0.5, 0.6) is 0 Å². The molecular formula is C22H15F4N5O. The van der Waals surface area contributed by atoms with Crippen molar-refractivity contribution in [3.63, 3.8) is 0 Å². The van der Waals surface area contributed by atoms with Crippen molar-refractivity contribution in [2.75, 3.05) is 0 Å². The second-order valence-corrected chi connectivity index (χ2v) is 7.22. The van der Waals surface area contributed by atoms with Crippen LogP contribution in [0.4, 0.5) is 17.6 Å². The van der Waals surface area contributed by atoms with E-state index in [4.69, 9.17) is 0 Å². The number of nitrogens with one attached hydrogen (secondary N) is 1. The third kappa shape index (κ3) is 3.06. The Hall–Kier alpha value is -3.95. The van der Waals surface area contributed by atoms with Crippen molar-refractivity contribution in [3.8, 4) is 16.9 Å². The number of alkyl halides is 3. The summed E-state index contributed by atoms with van der Waals surface area (Å²) in [6.07, 6.45) is -2.99. The van der Waals surface area contributed by atoms with E-state index in [1.807, 2.05) is 6.92 Å². The topological polar surface area (TPSA) is 68.5 Å². The van der Waals surface area contributed by atoms with Crippen molar-refractivity contribution in [1.29, 1.82) is 0 Å². The van der Waals surface area contributed by atoms with E-state index in [1.165, 1.54) is 41.1 Å². The van der Waals surface area contributed by atoms with Crippen LogP contribution in [-0.4, -0.2) is 24.5 Å². The maximum Gasteiger partial charge on any atom is 0.416 e. The predicted molar refractivity (Wildman–Crippen MR) is 111 cm³/mol. The number of rotatable bonds is 3. The van der Waals surface area contributed by atoms with Crippen molar-refractivity contribution in [2.45, 2.75) is 19.6 Å². The lowest BCUT2D eigenvalue weighted by Crippen LogP contribution is -2.15. The fourth-order valence-electron chi connectivity index (χ4n) is 3.74. The number of aromatic nitrogens is 5. The zero-order valence-electron chi connectivity index (χ0n) is 16.6. The second-order valence-electron chi connectivity index (χ2n) is 7.22. The minimum atomic E-state index is -4.54. The van der Waals surface area contributed by atoms with Crippen molar-refractivity contribution in [1.82, 2.24) is 24.5 Å². The Balaban J connectivity index is 1.87. The molecule has 10 heteroatoms. The molecule has 3 aromatic heterocycles. The van der Waals surface area contributed by atoms with E-state index in [1.54, 1.807) is 10.9 Å². The Bertz CT molecular complexity index is 1530. The van der Waals surface area contributed by atoms with Gasteiger partial charge in [0.25, 0.3) is 5.56 Å². The number of H-pyrrole nitrogens is 1. The molecule has 0 atom stereocenters. The Labute approximate surface area is 177 Å². The molecule has 0 bridgehead atoms. The number of aromatic amines is 1. The highest BCUT2D eigenvalue weighted by molar-refractivity contribution is 6.07. The van der Waals surface area contributed by atoms with Gasteiger partial charge >= 0.3 is 6.18 Å². The van der Waals surface area contributed by atoms with E-state index >= 15 is 0 Å². The summed E-state index contributed by atoms with van der Waals surface area (Å²) < 4.78 is 56.1. The molecule has 0 saturated carbocycles. The Morgan fingerprint density at radius 3 is 2.53 bits per heavy atom. The number of hydrogen-bond donors (Lipinski definition) is 1. The molecule has 0 fully saturated rings. The van der Waals surface area contributed by atoms with Gasteiger partial charge in [-0.05, 0) is 43.3 Å². The molecule has 0 aliphatic heterocycles. The molecule has 0 unspecified atom stereocenters. The fourth-order valence-corrected chi connectivity index (χ4v) is 3.74. The fraction of sp³-hybridized carbons (Fsp3) is 0.136. The minimum Gasteiger partial charge on any atom is -0.289 e. The van der Waals surface area contributed by atoms with Crippen LogP contribution in [0.2, 0.25) is 0 Å². The molecule has 0 aliphatic rings. The van der Waals surface area contributed by atoms with Crippen LogP contribution in [0.1, 0.15) is 12.5 Å². The summed E-state index contributed by atoms with van der Waals surface area (Å²) in [6.45, 7) is 2.33. The summed E-state index contributed by atoms with van der Waals surface area (Å²) in [5.41, 5.74) is 0.0879. The lowest BCUT2D eigenvalue weighted by molar-refractivity contribution is -0.137. The van der Waals surface area contributed by atoms with Gasteiger partial charge < -0.3 is 0 Å². The quantitative estimate of drug-likeness (QED) is 0.405. The lowest BCUT2D eigenvalue weighted by atomic mass is 10.0. The SMILES string of the molecule is CCn1ncc2c3[nH]n(-c4ccc(F)cc4)c(=O)c3c(-c3cccc(C(F)(F)F)c3)nc21. The first-order valence-electron chi connectivity index (χ1n) is 9.71. The lowest BCUT2D eigenvalue weighted by Gasteiger charge is -2.09. The highest BCUT2D eigenvalue weighted by atomic mass is 19.4. The summed E-state index contributed by atoms with van der Waals surface area (Å²) in [5, 5.41) is 7.95. The minimum absolute atomic E-state index is 0.107. The first-order valence-corrected chi connectivity index (χ1v) is 9.71. The van der Waals surface area contributed by atoms with E-state index in [2.05, 4.69) is 15.2 Å². The molecule has 0 spiro atoms. The summed E-state index contributed by atoms with van der Waals surface area (Å²) in [4.78, 5) is 17.9. The number of fused-ring (bicyclic) bond motifs is 3. The predicted octanol–water partition coefficient (Wildman–Crippen LogP) is 4.91. The van der Waals surface area contributed by atoms with Crippen molar-refractivity contribution in [3.05, 3.63) is 76.5 Å². The summed E-state index contributed by atoms with van der Waals surface area (Å²) in [7, 11) is 0. The molecule has 1 N–H and O–H groups in total. The zero-order valence-corrected chi connectivity index (χ0v) is 16.6. The van der Waals surface area contributed by atoms with E-state index in [-0.39, 0.29) is 16.6 Å². The van der Waals surface area contributed by atoms with Gasteiger partial charge in [-0.25, -0.2) is 18.7 Å². The normalized spacial score (nSPS) is 12.2. The van der Waals surface area contributed by atoms with Crippen LogP contribution < -0.4 is 5.56 Å². The molecule has 5 rings (SSSR count). The highest BCUT2D eigenvalue weighted by Gasteiger charge is 2.31. The third-order valence-corrected chi connectivity index (χ3v) is 5.27. The van der Waals surface area contributed by atoms with E-state index in [0.717, 1.165) is 12.1 Å². The molecule has 2 aromatic carbocycles.